The highest BCUT2D eigenvalue weighted by Gasteiger charge is 1.89. The summed E-state index contributed by atoms with van der Waals surface area (Å²) in [6.07, 6.45) is 9.30. The maximum atomic E-state index is 5.17. The Hall–Kier alpha value is -1.87. The molecule has 2 rings (SSSR count). The van der Waals surface area contributed by atoms with Gasteiger partial charge in [-0.1, -0.05) is 12.1 Å². The molecule has 0 aromatic carbocycles. The van der Waals surface area contributed by atoms with Crippen LogP contribution in [0.25, 0.3) is 6.08 Å². The van der Waals surface area contributed by atoms with Crippen LogP contribution in [0.1, 0.15) is 11.3 Å². The highest BCUT2D eigenvalue weighted by Crippen LogP contribution is 2.01. The Morgan fingerprint density at radius 3 is 3.06 bits per heavy atom. The van der Waals surface area contributed by atoms with E-state index in [4.69, 9.17) is 4.42 Å². The van der Waals surface area contributed by atoms with E-state index in [1.807, 2.05) is 36.5 Å². The van der Waals surface area contributed by atoms with Gasteiger partial charge in [0, 0.05) is 25.5 Å². The molecule has 0 saturated heterocycles. The fraction of sp³-hybridized carbons (Fsp3) is 0.154. The van der Waals surface area contributed by atoms with Crippen molar-refractivity contribution in [1.29, 1.82) is 0 Å². The maximum Gasteiger partial charge on any atom is 0.126 e. The predicted octanol–water partition coefficient (Wildman–Crippen LogP) is 2.48. The molecule has 16 heavy (non-hydrogen) atoms. The van der Waals surface area contributed by atoms with Crippen LogP contribution in [-0.4, -0.2) is 11.5 Å². The summed E-state index contributed by atoms with van der Waals surface area (Å²) >= 11 is 0. The van der Waals surface area contributed by atoms with E-state index in [1.165, 1.54) is 5.56 Å². The number of nitrogens with one attached hydrogen (secondary N) is 1. The second kappa shape index (κ2) is 5.88. The van der Waals surface area contributed by atoms with Gasteiger partial charge in [-0.05, 0) is 29.8 Å². The SMILES string of the molecule is C(=C\c1ccco1)/CNCc1cccnc1. The predicted molar refractivity (Wildman–Crippen MR) is 63.7 cm³/mol. The largest absolute Gasteiger partial charge is 0.465 e. The summed E-state index contributed by atoms with van der Waals surface area (Å²) in [5.41, 5.74) is 1.19. The Kier molecular flexibility index (Phi) is 3.91. The first kappa shape index (κ1) is 10.6. The van der Waals surface area contributed by atoms with Crippen LogP contribution in [0.3, 0.4) is 0 Å². The van der Waals surface area contributed by atoms with E-state index in [0.717, 1.165) is 18.8 Å². The number of hydrogen-bond acceptors (Lipinski definition) is 3. The van der Waals surface area contributed by atoms with Crippen molar-refractivity contribution in [3.05, 3.63) is 60.3 Å². The summed E-state index contributed by atoms with van der Waals surface area (Å²) in [5.74, 6) is 0.878. The molecular formula is C13H14N2O. The third-order valence-electron chi connectivity index (χ3n) is 2.14. The molecule has 2 heterocycles. The molecule has 1 N–H and O–H groups in total. The van der Waals surface area contributed by atoms with Gasteiger partial charge in [0.05, 0.1) is 6.26 Å². The van der Waals surface area contributed by atoms with Crippen LogP contribution in [0, 0.1) is 0 Å². The topological polar surface area (TPSA) is 38.1 Å². The van der Waals surface area contributed by atoms with E-state index in [9.17, 15) is 0 Å². The first-order valence-corrected chi connectivity index (χ1v) is 5.25. The fourth-order valence-corrected chi connectivity index (χ4v) is 1.36. The van der Waals surface area contributed by atoms with E-state index in [-0.39, 0.29) is 0 Å². The van der Waals surface area contributed by atoms with Crippen LogP contribution in [0.15, 0.2) is 53.4 Å². The molecule has 0 aliphatic rings. The Morgan fingerprint density at radius 1 is 1.31 bits per heavy atom. The van der Waals surface area contributed by atoms with Crippen molar-refractivity contribution in [2.45, 2.75) is 6.54 Å². The lowest BCUT2D eigenvalue weighted by atomic mass is 10.3. The molecule has 0 unspecified atom stereocenters. The molecule has 0 aliphatic heterocycles. The van der Waals surface area contributed by atoms with Gasteiger partial charge in [-0.3, -0.25) is 4.98 Å². The maximum absolute atomic E-state index is 5.17. The van der Waals surface area contributed by atoms with E-state index < -0.39 is 0 Å². The summed E-state index contributed by atoms with van der Waals surface area (Å²) < 4.78 is 5.17. The third kappa shape index (κ3) is 3.37. The van der Waals surface area contributed by atoms with Gasteiger partial charge in [0.25, 0.3) is 0 Å². The second-order valence-corrected chi connectivity index (χ2v) is 3.41. The Balaban J connectivity index is 1.69. The molecular weight excluding hydrogens is 200 g/mol. The zero-order chi connectivity index (χ0) is 11.1. The second-order valence-electron chi connectivity index (χ2n) is 3.41. The minimum Gasteiger partial charge on any atom is -0.465 e. The van der Waals surface area contributed by atoms with Crippen molar-refractivity contribution < 1.29 is 4.42 Å². The van der Waals surface area contributed by atoms with Crippen molar-refractivity contribution in [2.75, 3.05) is 6.54 Å². The van der Waals surface area contributed by atoms with Crippen LogP contribution < -0.4 is 5.32 Å². The average Bonchev–Trinajstić information content (AvgIpc) is 2.83. The highest BCUT2D eigenvalue weighted by molar-refractivity contribution is 5.42. The lowest BCUT2D eigenvalue weighted by Gasteiger charge is -2.00. The number of rotatable bonds is 5. The summed E-state index contributed by atoms with van der Waals surface area (Å²) in [6.45, 7) is 1.64. The molecule has 3 nitrogen and oxygen atoms in total. The van der Waals surface area contributed by atoms with Gasteiger partial charge >= 0.3 is 0 Å². The minimum atomic E-state index is 0.815. The van der Waals surface area contributed by atoms with Crippen molar-refractivity contribution >= 4 is 6.08 Å². The molecule has 82 valence electrons. The molecule has 2 aromatic rings. The van der Waals surface area contributed by atoms with Gasteiger partial charge in [0.2, 0.25) is 0 Å². The summed E-state index contributed by atoms with van der Waals surface area (Å²) in [6, 6.07) is 7.80. The molecule has 0 aliphatic carbocycles. The summed E-state index contributed by atoms with van der Waals surface area (Å²) in [5, 5.41) is 3.30. The Bertz CT molecular complexity index is 420. The Morgan fingerprint density at radius 2 is 2.31 bits per heavy atom. The number of nitrogens with zero attached hydrogens (tertiary/aromatic N) is 1. The van der Waals surface area contributed by atoms with Gasteiger partial charge in [-0.25, -0.2) is 0 Å². The number of furan rings is 1. The van der Waals surface area contributed by atoms with Crippen molar-refractivity contribution in [3.8, 4) is 0 Å². The van der Waals surface area contributed by atoms with E-state index >= 15 is 0 Å². The van der Waals surface area contributed by atoms with E-state index in [2.05, 4.69) is 16.4 Å². The lowest BCUT2D eigenvalue weighted by molar-refractivity contribution is 0.556. The fourth-order valence-electron chi connectivity index (χ4n) is 1.36. The first-order valence-electron chi connectivity index (χ1n) is 5.25. The molecule has 2 aromatic heterocycles. The smallest absolute Gasteiger partial charge is 0.126 e. The molecule has 0 radical (unpaired) electrons. The monoisotopic (exact) mass is 214 g/mol. The van der Waals surface area contributed by atoms with Crippen LogP contribution in [0.5, 0.6) is 0 Å². The first-order chi connectivity index (χ1) is 7.95. The van der Waals surface area contributed by atoms with Gasteiger partial charge < -0.3 is 9.73 Å². The van der Waals surface area contributed by atoms with Crippen LogP contribution >= 0.6 is 0 Å². The van der Waals surface area contributed by atoms with Crippen molar-refractivity contribution in [3.63, 3.8) is 0 Å². The summed E-state index contributed by atoms with van der Waals surface area (Å²) in [7, 11) is 0. The van der Waals surface area contributed by atoms with Crippen molar-refractivity contribution in [1.82, 2.24) is 10.3 Å². The molecule has 0 fully saturated rings. The molecule has 0 saturated carbocycles. The number of hydrogen-bond donors (Lipinski definition) is 1. The molecule has 0 amide bonds. The van der Waals surface area contributed by atoms with Gasteiger partial charge in [0.1, 0.15) is 5.76 Å². The van der Waals surface area contributed by atoms with Crippen molar-refractivity contribution in [2.24, 2.45) is 0 Å². The number of aromatic nitrogens is 1. The zero-order valence-electron chi connectivity index (χ0n) is 8.97. The third-order valence-corrected chi connectivity index (χ3v) is 2.14. The highest BCUT2D eigenvalue weighted by atomic mass is 16.3. The standard InChI is InChI=1S/C13H14N2O/c1-4-12(10-14-7-1)11-15-8-2-5-13-6-3-9-16-13/h1-7,9-10,15H,8,11H2/b5-2+. The molecule has 0 spiro atoms. The Labute approximate surface area is 94.8 Å². The average molecular weight is 214 g/mol. The van der Waals surface area contributed by atoms with Crippen LogP contribution in [0.2, 0.25) is 0 Å². The number of pyridine rings is 1. The van der Waals surface area contributed by atoms with Gasteiger partial charge in [-0.2, -0.15) is 0 Å². The summed E-state index contributed by atoms with van der Waals surface area (Å²) in [4.78, 5) is 4.05. The van der Waals surface area contributed by atoms with Gasteiger partial charge in [0.15, 0.2) is 0 Å². The lowest BCUT2D eigenvalue weighted by Crippen LogP contribution is -2.12. The minimum absolute atomic E-state index is 0.815. The normalized spacial score (nSPS) is 11.0. The zero-order valence-corrected chi connectivity index (χ0v) is 8.97. The van der Waals surface area contributed by atoms with E-state index in [0.29, 0.717) is 0 Å². The molecule has 0 bridgehead atoms. The molecule has 0 atom stereocenters. The van der Waals surface area contributed by atoms with Crippen LogP contribution in [0.4, 0.5) is 0 Å². The molecule has 3 heteroatoms. The van der Waals surface area contributed by atoms with Crippen LogP contribution in [-0.2, 0) is 6.54 Å². The van der Waals surface area contributed by atoms with E-state index in [1.54, 1.807) is 12.5 Å². The quantitative estimate of drug-likeness (QED) is 0.777. The van der Waals surface area contributed by atoms with Gasteiger partial charge in [-0.15, -0.1) is 0 Å².